The van der Waals surface area contributed by atoms with Gasteiger partial charge in [-0.05, 0) is 36.4 Å². The van der Waals surface area contributed by atoms with Crippen molar-refractivity contribution >= 4 is 23.2 Å². The highest BCUT2D eigenvalue weighted by Crippen LogP contribution is 2.29. The monoisotopic (exact) mass is 344 g/mol. The Hall–Kier alpha value is -2.53. The number of benzene rings is 2. The van der Waals surface area contributed by atoms with Crippen molar-refractivity contribution in [2.24, 2.45) is 5.10 Å². The third-order valence-corrected chi connectivity index (χ3v) is 4.06. The van der Waals surface area contributed by atoms with Gasteiger partial charge in [0.05, 0.1) is 26.5 Å². The van der Waals surface area contributed by atoms with Gasteiger partial charge in [0, 0.05) is 22.6 Å². The summed E-state index contributed by atoms with van der Waals surface area (Å²) in [7, 11) is 3.18. The van der Waals surface area contributed by atoms with Crippen LogP contribution in [0.1, 0.15) is 22.3 Å². The van der Waals surface area contributed by atoms with E-state index in [9.17, 15) is 4.79 Å². The molecule has 0 atom stereocenters. The van der Waals surface area contributed by atoms with E-state index in [1.165, 1.54) is 5.01 Å². The largest absolute Gasteiger partial charge is 0.493 e. The first-order chi connectivity index (χ1) is 11.6. The number of halogens is 1. The van der Waals surface area contributed by atoms with Gasteiger partial charge < -0.3 is 9.47 Å². The molecular weight excluding hydrogens is 328 g/mol. The van der Waals surface area contributed by atoms with Gasteiger partial charge in [0.25, 0.3) is 5.91 Å². The molecule has 1 heterocycles. The third kappa shape index (κ3) is 3.21. The first-order valence-electron chi connectivity index (χ1n) is 7.49. The number of rotatable bonds is 4. The first kappa shape index (κ1) is 16.3. The maximum Gasteiger partial charge on any atom is 0.274 e. The van der Waals surface area contributed by atoms with Crippen molar-refractivity contribution in [2.45, 2.75) is 6.42 Å². The van der Waals surface area contributed by atoms with Crippen LogP contribution < -0.4 is 9.47 Å². The molecule has 0 spiro atoms. The fourth-order valence-corrected chi connectivity index (χ4v) is 2.78. The number of nitrogens with zero attached hydrogens (tertiary/aromatic N) is 2. The molecule has 24 heavy (non-hydrogen) atoms. The summed E-state index contributed by atoms with van der Waals surface area (Å²) >= 11 is 5.95. The number of hydrogen-bond donors (Lipinski definition) is 0. The lowest BCUT2D eigenvalue weighted by atomic mass is 10.1. The van der Waals surface area contributed by atoms with Gasteiger partial charge in [-0.3, -0.25) is 4.79 Å². The SMILES string of the molecule is COc1ccc(C2=NN(C(=O)c3cccc(Cl)c3)CC2)cc1OC. The van der Waals surface area contributed by atoms with E-state index < -0.39 is 0 Å². The molecule has 0 radical (unpaired) electrons. The van der Waals surface area contributed by atoms with E-state index in [0.29, 0.717) is 35.1 Å². The molecule has 1 aliphatic rings. The van der Waals surface area contributed by atoms with Crippen LogP contribution in [0.3, 0.4) is 0 Å². The molecule has 0 fully saturated rings. The second-order valence-electron chi connectivity index (χ2n) is 5.31. The van der Waals surface area contributed by atoms with Gasteiger partial charge in [0.1, 0.15) is 0 Å². The van der Waals surface area contributed by atoms with Crippen LogP contribution >= 0.6 is 11.6 Å². The number of methoxy groups -OCH3 is 2. The van der Waals surface area contributed by atoms with Crippen LogP contribution in [0.25, 0.3) is 0 Å². The normalized spacial score (nSPS) is 13.6. The zero-order valence-corrected chi connectivity index (χ0v) is 14.2. The molecule has 0 saturated carbocycles. The summed E-state index contributed by atoms with van der Waals surface area (Å²) in [5, 5.41) is 6.46. The highest BCUT2D eigenvalue weighted by molar-refractivity contribution is 6.31. The number of ether oxygens (including phenoxy) is 2. The zero-order chi connectivity index (χ0) is 17.1. The average Bonchev–Trinajstić information content (AvgIpc) is 3.10. The summed E-state index contributed by atoms with van der Waals surface area (Å²) in [6.07, 6.45) is 0.682. The highest BCUT2D eigenvalue weighted by atomic mass is 35.5. The fraction of sp³-hybridized carbons (Fsp3) is 0.222. The molecule has 2 aromatic rings. The quantitative estimate of drug-likeness (QED) is 0.851. The maximum absolute atomic E-state index is 12.5. The topological polar surface area (TPSA) is 51.1 Å². The lowest BCUT2D eigenvalue weighted by Gasteiger charge is -2.11. The second-order valence-corrected chi connectivity index (χ2v) is 5.74. The van der Waals surface area contributed by atoms with Crippen LogP contribution in [0.2, 0.25) is 5.02 Å². The highest BCUT2D eigenvalue weighted by Gasteiger charge is 2.23. The van der Waals surface area contributed by atoms with Gasteiger partial charge in [0.2, 0.25) is 0 Å². The Bertz CT molecular complexity index is 805. The Kier molecular flexibility index (Phi) is 4.71. The van der Waals surface area contributed by atoms with Crippen LogP contribution in [0.5, 0.6) is 11.5 Å². The van der Waals surface area contributed by atoms with Gasteiger partial charge in [-0.1, -0.05) is 17.7 Å². The number of hydrogen-bond acceptors (Lipinski definition) is 4. The lowest BCUT2D eigenvalue weighted by Crippen LogP contribution is -2.23. The Labute approximate surface area is 145 Å². The van der Waals surface area contributed by atoms with Crippen molar-refractivity contribution < 1.29 is 14.3 Å². The number of amides is 1. The summed E-state index contributed by atoms with van der Waals surface area (Å²) < 4.78 is 10.6. The molecule has 6 heteroatoms. The Balaban J connectivity index is 1.84. The molecular formula is C18H17ClN2O3. The van der Waals surface area contributed by atoms with Crippen molar-refractivity contribution in [3.63, 3.8) is 0 Å². The van der Waals surface area contributed by atoms with E-state index in [2.05, 4.69) is 5.10 Å². The molecule has 1 aliphatic heterocycles. The number of carbonyl (C=O) groups is 1. The van der Waals surface area contributed by atoms with Crippen molar-refractivity contribution in [3.8, 4) is 11.5 Å². The molecule has 0 aromatic heterocycles. The van der Waals surface area contributed by atoms with Crippen LogP contribution in [-0.2, 0) is 0 Å². The summed E-state index contributed by atoms with van der Waals surface area (Å²) in [5.41, 5.74) is 2.28. The fourth-order valence-electron chi connectivity index (χ4n) is 2.59. The molecule has 0 unspecified atom stereocenters. The smallest absolute Gasteiger partial charge is 0.274 e. The second kappa shape index (κ2) is 6.93. The van der Waals surface area contributed by atoms with Gasteiger partial charge in [-0.2, -0.15) is 5.10 Å². The van der Waals surface area contributed by atoms with E-state index in [4.69, 9.17) is 21.1 Å². The van der Waals surface area contributed by atoms with E-state index in [1.54, 1.807) is 38.5 Å². The van der Waals surface area contributed by atoms with Gasteiger partial charge in [0.15, 0.2) is 11.5 Å². The predicted molar refractivity (Wildman–Crippen MR) is 93.2 cm³/mol. The van der Waals surface area contributed by atoms with E-state index in [0.717, 1.165) is 11.3 Å². The van der Waals surface area contributed by atoms with Gasteiger partial charge >= 0.3 is 0 Å². The Morgan fingerprint density at radius 3 is 2.62 bits per heavy atom. The van der Waals surface area contributed by atoms with Crippen molar-refractivity contribution in [3.05, 3.63) is 58.6 Å². The van der Waals surface area contributed by atoms with Crippen LogP contribution in [0.4, 0.5) is 0 Å². The molecule has 0 bridgehead atoms. The minimum Gasteiger partial charge on any atom is -0.493 e. The van der Waals surface area contributed by atoms with Crippen LogP contribution in [0, 0.1) is 0 Å². The average molecular weight is 345 g/mol. The van der Waals surface area contributed by atoms with Crippen molar-refractivity contribution in [1.29, 1.82) is 0 Å². The van der Waals surface area contributed by atoms with Crippen molar-refractivity contribution in [2.75, 3.05) is 20.8 Å². The Morgan fingerprint density at radius 2 is 1.92 bits per heavy atom. The molecule has 124 valence electrons. The molecule has 5 nitrogen and oxygen atoms in total. The standard InChI is InChI=1S/C18H17ClN2O3/c1-23-16-7-6-12(11-17(16)24-2)15-8-9-21(20-15)18(22)13-4-3-5-14(19)10-13/h3-7,10-11H,8-9H2,1-2H3. The van der Waals surface area contributed by atoms with Crippen molar-refractivity contribution in [1.82, 2.24) is 5.01 Å². The summed E-state index contributed by atoms with van der Waals surface area (Å²) in [4.78, 5) is 12.5. The van der Waals surface area contributed by atoms with Gasteiger partial charge in [-0.25, -0.2) is 5.01 Å². The minimum absolute atomic E-state index is 0.159. The number of hydrazone groups is 1. The third-order valence-electron chi connectivity index (χ3n) is 3.82. The molecule has 2 aromatic carbocycles. The van der Waals surface area contributed by atoms with Crippen LogP contribution in [0.15, 0.2) is 47.6 Å². The lowest BCUT2D eigenvalue weighted by molar-refractivity contribution is 0.0778. The summed E-state index contributed by atoms with van der Waals surface area (Å²) in [6, 6.07) is 12.5. The van der Waals surface area contributed by atoms with E-state index in [1.807, 2.05) is 18.2 Å². The Morgan fingerprint density at radius 1 is 1.12 bits per heavy atom. The van der Waals surface area contributed by atoms with Crippen LogP contribution in [-0.4, -0.2) is 37.4 Å². The first-order valence-corrected chi connectivity index (χ1v) is 7.87. The summed E-state index contributed by atoms with van der Waals surface area (Å²) in [5.74, 6) is 1.14. The predicted octanol–water partition coefficient (Wildman–Crippen LogP) is 3.61. The zero-order valence-electron chi connectivity index (χ0n) is 13.5. The van der Waals surface area contributed by atoms with Gasteiger partial charge in [-0.15, -0.1) is 0 Å². The van der Waals surface area contributed by atoms with E-state index >= 15 is 0 Å². The summed E-state index contributed by atoms with van der Waals surface area (Å²) in [6.45, 7) is 0.537. The number of carbonyl (C=O) groups excluding carboxylic acids is 1. The minimum atomic E-state index is -0.159. The van der Waals surface area contributed by atoms with E-state index in [-0.39, 0.29) is 5.91 Å². The maximum atomic E-state index is 12.5. The molecule has 0 saturated heterocycles. The molecule has 1 amide bonds. The molecule has 0 aliphatic carbocycles. The molecule has 0 N–H and O–H groups in total. The molecule has 3 rings (SSSR count).